The Balaban J connectivity index is 2.04. The van der Waals surface area contributed by atoms with Gasteiger partial charge >= 0.3 is 0 Å². The predicted molar refractivity (Wildman–Crippen MR) is 70.9 cm³/mol. The molecule has 5 atom stereocenters. The Morgan fingerprint density at radius 1 is 1.00 bits per heavy atom. The van der Waals surface area contributed by atoms with Crippen LogP contribution in [0.15, 0.2) is 0 Å². The molecule has 0 N–H and O–H groups in total. The second-order valence-electron chi connectivity index (χ2n) is 7.86. The standard InChI is InChI=1S/C16H28O/c1-11-6-7-12-14(2,3)13-10-16(11,12)9-8-15(13,4)17-5/h11-13H,6-10H2,1-5H3/t11?,12?,13?,15-,16+/m1/s1. The van der Waals surface area contributed by atoms with E-state index in [1.54, 1.807) is 0 Å². The maximum Gasteiger partial charge on any atom is 0.0684 e. The molecule has 0 saturated heterocycles. The lowest BCUT2D eigenvalue weighted by Gasteiger charge is -2.46. The third kappa shape index (κ3) is 1.25. The molecular weight excluding hydrogens is 208 g/mol. The molecule has 0 radical (unpaired) electrons. The lowest BCUT2D eigenvalue weighted by atomic mass is 9.64. The molecule has 1 spiro atoms. The lowest BCUT2D eigenvalue weighted by molar-refractivity contribution is -0.100. The largest absolute Gasteiger partial charge is 0.378 e. The minimum atomic E-state index is 0.138. The molecule has 1 nitrogen and oxygen atoms in total. The zero-order valence-electron chi connectivity index (χ0n) is 12.2. The zero-order chi connectivity index (χ0) is 12.5. The highest BCUT2D eigenvalue weighted by Crippen LogP contribution is 2.73. The Morgan fingerprint density at radius 3 is 2.35 bits per heavy atom. The van der Waals surface area contributed by atoms with Crippen molar-refractivity contribution >= 4 is 0 Å². The van der Waals surface area contributed by atoms with Crippen molar-refractivity contribution in [1.82, 2.24) is 0 Å². The topological polar surface area (TPSA) is 9.23 Å². The van der Waals surface area contributed by atoms with Gasteiger partial charge < -0.3 is 4.74 Å². The first kappa shape index (κ1) is 12.0. The molecule has 98 valence electrons. The van der Waals surface area contributed by atoms with Gasteiger partial charge in [-0.05, 0) is 67.6 Å². The fraction of sp³-hybridized carbons (Fsp3) is 1.00. The molecule has 0 amide bonds. The minimum Gasteiger partial charge on any atom is -0.378 e. The fourth-order valence-electron chi connectivity index (χ4n) is 6.10. The van der Waals surface area contributed by atoms with Gasteiger partial charge in [0.25, 0.3) is 0 Å². The van der Waals surface area contributed by atoms with Crippen molar-refractivity contribution in [3.8, 4) is 0 Å². The lowest BCUT2D eigenvalue weighted by Crippen LogP contribution is -2.45. The number of ether oxygens (including phenoxy) is 1. The SMILES string of the molecule is CO[C@]1(C)CC[C@@]23CC1C(C)(C)C2CCC3C. The van der Waals surface area contributed by atoms with E-state index in [4.69, 9.17) is 4.74 Å². The number of methoxy groups -OCH3 is 1. The quantitative estimate of drug-likeness (QED) is 0.661. The fourth-order valence-corrected chi connectivity index (χ4v) is 6.10. The van der Waals surface area contributed by atoms with E-state index in [9.17, 15) is 0 Å². The Bertz CT molecular complexity index is 334. The van der Waals surface area contributed by atoms with Crippen molar-refractivity contribution in [2.75, 3.05) is 7.11 Å². The predicted octanol–water partition coefficient (Wildman–Crippen LogP) is 4.26. The molecule has 0 aromatic rings. The molecule has 3 rings (SSSR count). The highest BCUT2D eigenvalue weighted by Gasteiger charge is 2.68. The van der Waals surface area contributed by atoms with Crippen LogP contribution in [0.25, 0.3) is 0 Å². The Hall–Kier alpha value is -0.0400. The van der Waals surface area contributed by atoms with Gasteiger partial charge in [0.05, 0.1) is 5.60 Å². The first-order chi connectivity index (χ1) is 7.87. The van der Waals surface area contributed by atoms with Gasteiger partial charge in [-0.2, -0.15) is 0 Å². The van der Waals surface area contributed by atoms with Gasteiger partial charge in [-0.3, -0.25) is 0 Å². The third-order valence-corrected chi connectivity index (χ3v) is 7.23. The molecule has 17 heavy (non-hydrogen) atoms. The Labute approximate surface area is 106 Å². The second kappa shape index (κ2) is 3.29. The molecule has 2 bridgehead atoms. The van der Waals surface area contributed by atoms with E-state index < -0.39 is 0 Å². The zero-order valence-corrected chi connectivity index (χ0v) is 12.2. The molecule has 3 fully saturated rings. The molecule has 0 aromatic carbocycles. The van der Waals surface area contributed by atoms with Crippen LogP contribution in [-0.2, 0) is 4.74 Å². The van der Waals surface area contributed by atoms with Gasteiger partial charge in [-0.15, -0.1) is 0 Å². The highest BCUT2D eigenvalue weighted by molar-refractivity contribution is 5.17. The molecule has 3 unspecified atom stereocenters. The number of rotatable bonds is 1. The molecule has 3 saturated carbocycles. The average Bonchev–Trinajstić information content (AvgIpc) is 2.70. The van der Waals surface area contributed by atoms with E-state index >= 15 is 0 Å². The summed E-state index contributed by atoms with van der Waals surface area (Å²) in [5.74, 6) is 2.66. The number of hydrogen-bond acceptors (Lipinski definition) is 1. The highest BCUT2D eigenvalue weighted by atomic mass is 16.5. The van der Waals surface area contributed by atoms with Crippen LogP contribution < -0.4 is 0 Å². The van der Waals surface area contributed by atoms with Crippen LogP contribution in [0, 0.1) is 28.6 Å². The van der Waals surface area contributed by atoms with E-state index in [0.29, 0.717) is 10.8 Å². The van der Waals surface area contributed by atoms with Crippen LogP contribution in [0.3, 0.4) is 0 Å². The summed E-state index contributed by atoms with van der Waals surface area (Å²) in [7, 11) is 1.92. The van der Waals surface area contributed by atoms with Crippen LogP contribution in [0.1, 0.15) is 59.8 Å². The van der Waals surface area contributed by atoms with E-state index in [0.717, 1.165) is 17.8 Å². The first-order valence-electron chi connectivity index (χ1n) is 7.42. The average molecular weight is 236 g/mol. The van der Waals surface area contributed by atoms with Gasteiger partial charge in [-0.25, -0.2) is 0 Å². The van der Waals surface area contributed by atoms with Crippen LogP contribution in [0.4, 0.5) is 0 Å². The van der Waals surface area contributed by atoms with Crippen molar-refractivity contribution in [1.29, 1.82) is 0 Å². The van der Waals surface area contributed by atoms with Crippen molar-refractivity contribution in [3.63, 3.8) is 0 Å². The molecular formula is C16H28O. The van der Waals surface area contributed by atoms with Gasteiger partial charge in [0, 0.05) is 7.11 Å². The van der Waals surface area contributed by atoms with Crippen molar-refractivity contribution in [2.24, 2.45) is 28.6 Å². The number of fused-ring (bicyclic) bond motifs is 1. The molecule has 0 heterocycles. The summed E-state index contributed by atoms with van der Waals surface area (Å²) in [5, 5.41) is 0. The second-order valence-corrected chi connectivity index (χ2v) is 7.86. The van der Waals surface area contributed by atoms with E-state index in [-0.39, 0.29) is 5.60 Å². The van der Waals surface area contributed by atoms with Crippen LogP contribution >= 0.6 is 0 Å². The molecule has 0 aliphatic heterocycles. The van der Waals surface area contributed by atoms with Gasteiger partial charge in [-0.1, -0.05) is 20.8 Å². The Kier molecular flexibility index (Phi) is 2.32. The van der Waals surface area contributed by atoms with Crippen LogP contribution in [-0.4, -0.2) is 12.7 Å². The molecule has 3 aliphatic carbocycles. The maximum absolute atomic E-state index is 5.94. The van der Waals surface area contributed by atoms with Gasteiger partial charge in [0.1, 0.15) is 0 Å². The first-order valence-corrected chi connectivity index (χ1v) is 7.42. The summed E-state index contributed by atoms with van der Waals surface area (Å²) in [6, 6.07) is 0. The van der Waals surface area contributed by atoms with Gasteiger partial charge in [0.15, 0.2) is 0 Å². The minimum absolute atomic E-state index is 0.138. The van der Waals surface area contributed by atoms with E-state index in [2.05, 4.69) is 27.7 Å². The van der Waals surface area contributed by atoms with Crippen molar-refractivity contribution in [3.05, 3.63) is 0 Å². The number of hydrogen-bond donors (Lipinski definition) is 0. The van der Waals surface area contributed by atoms with E-state index in [1.807, 2.05) is 7.11 Å². The molecule has 0 aromatic heterocycles. The molecule has 1 heteroatoms. The monoisotopic (exact) mass is 236 g/mol. The van der Waals surface area contributed by atoms with Crippen LogP contribution in [0.2, 0.25) is 0 Å². The third-order valence-electron chi connectivity index (χ3n) is 7.23. The summed E-state index contributed by atoms with van der Waals surface area (Å²) < 4.78 is 5.94. The summed E-state index contributed by atoms with van der Waals surface area (Å²) in [6.07, 6.45) is 7.03. The summed E-state index contributed by atoms with van der Waals surface area (Å²) >= 11 is 0. The van der Waals surface area contributed by atoms with Gasteiger partial charge in [0.2, 0.25) is 0 Å². The van der Waals surface area contributed by atoms with Crippen molar-refractivity contribution < 1.29 is 4.74 Å². The van der Waals surface area contributed by atoms with Crippen LogP contribution in [0.5, 0.6) is 0 Å². The summed E-state index contributed by atoms with van der Waals surface area (Å²) in [5.41, 5.74) is 1.29. The molecule has 3 aliphatic rings. The Morgan fingerprint density at radius 2 is 1.71 bits per heavy atom. The maximum atomic E-state index is 5.94. The summed E-state index contributed by atoms with van der Waals surface area (Å²) in [4.78, 5) is 0. The van der Waals surface area contributed by atoms with Crippen molar-refractivity contribution in [2.45, 2.75) is 65.4 Å². The normalized spacial score (nSPS) is 55.9. The summed E-state index contributed by atoms with van der Waals surface area (Å²) in [6.45, 7) is 9.90. The smallest absolute Gasteiger partial charge is 0.0684 e. The van der Waals surface area contributed by atoms with E-state index in [1.165, 1.54) is 32.1 Å².